The summed E-state index contributed by atoms with van der Waals surface area (Å²) in [5.74, 6) is -0.368. The first kappa shape index (κ1) is 18.6. The number of carbonyl (C=O) groups excluding carboxylic acids is 2. The van der Waals surface area contributed by atoms with Gasteiger partial charge in [-0.2, -0.15) is 0 Å². The monoisotopic (exact) mass is 399 g/mol. The van der Waals surface area contributed by atoms with Crippen LogP contribution in [-0.4, -0.2) is 16.8 Å². The Morgan fingerprint density at radius 1 is 0.724 bits per heavy atom. The zero-order valence-electron chi connectivity index (χ0n) is 15.3. The second kappa shape index (κ2) is 8.50. The number of benzene rings is 3. The lowest BCUT2D eigenvalue weighted by Gasteiger charge is -2.06. The molecule has 0 aliphatic rings. The van der Waals surface area contributed by atoms with Gasteiger partial charge in [-0.05, 0) is 36.4 Å². The lowest BCUT2D eigenvalue weighted by Crippen LogP contribution is -2.11. The molecule has 2 amide bonds. The van der Waals surface area contributed by atoms with E-state index in [0.29, 0.717) is 21.9 Å². The third-order valence-corrected chi connectivity index (χ3v) is 4.97. The standard InChI is InChI=1S/C23H17N3O2S/c27-21(16-8-3-1-4-9-16)24-19-13-7-12-18(14-19)20-15-29-23(25-20)26-22(28)17-10-5-2-6-11-17/h1-15H,(H,24,27)(H,25,26,28). The van der Waals surface area contributed by atoms with Crippen LogP contribution in [0, 0.1) is 0 Å². The minimum atomic E-state index is -0.199. The van der Waals surface area contributed by atoms with Crippen molar-refractivity contribution in [3.8, 4) is 11.3 Å². The second-order valence-electron chi connectivity index (χ2n) is 6.26. The van der Waals surface area contributed by atoms with Crippen LogP contribution < -0.4 is 10.6 Å². The van der Waals surface area contributed by atoms with E-state index in [1.54, 1.807) is 24.3 Å². The average Bonchev–Trinajstić information content (AvgIpc) is 3.24. The van der Waals surface area contributed by atoms with Gasteiger partial charge < -0.3 is 5.32 Å². The lowest BCUT2D eigenvalue weighted by atomic mass is 10.1. The van der Waals surface area contributed by atoms with Crippen molar-refractivity contribution in [3.05, 3.63) is 101 Å². The van der Waals surface area contributed by atoms with Crippen LogP contribution in [0.25, 0.3) is 11.3 Å². The van der Waals surface area contributed by atoms with Gasteiger partial charge in [-0.3, -0.25) is 14.9 Å². The van der Waals surface area contributed by atoms with Gasteiger partial charge in [0, 0.05) is 27.8 Å². The number of nitrogens with zero attached hydrogens (tertiary/aromatic N) is 1. The molecule has 0 saturated heterocycles. The Bertz CT molecular complexity index is 1140. The maximum absolute atomic E-state index is 12.3. The maximum atomic E-state index is 12.3. The smallest absolute Gasteiger partial charge is 0.257 e. The molecule has 4 aromatic rings. The number of aromatic nitrogens is 1. The van der Waals surface area contributed by atoms with Gasteiger partial charge >= 0.3 is 0 Å². The van der Waals surface area contributed by atoms with Crippen molar-refractivity contribution in [2.45, 2.75) is 0 Å². The van der Waals surface area contributed by atoms with Crippen LogP contribution in [0.4, 0.5) is 10.8 Å². The van der Waals surface area contributed by atoms with Gasteiger partial charge in [0.15, 0.2) is 5.13 Å². The van der Waals surface area contributed by atoms with Crippen molar-refractivity contribution in [1.29, 1.82) is 0 Å². The van der Waals surface area contributed by atoms with Crippen molar-refractivity contribution in [3.63, 3.8) is 0 Å². The molecule has 0 atom stereocenters. The van der Waals surface area contributed by atoms with Crippen molar-refractivity contribution < 1.29 is 9.59 Å². The first-order valence-corrected chi connectivity index (χ1v) is 9.86. The molecule has 0 radical (unpaired) electrons. The van der Waals surface area contributed by atoms with E-state index in [1.807, 2.05) is 66.0 Å². The first-order chi connectivity index (χ1) is 14.2. The fourth-order valence-electron chi connectivity index (χ4n) is 2.77. The van der Waals surface area contributed by atoms with Gasteiger partial charge in [0.25, 0.3) is 11.8 Å². The predicted molar refractivity (Wildman–Crippen MR) is 116 cm³/mol. The molecule has 142 valence electrons. The molecule has 1 aromatic heterocycles. The molecule has 29 heavy (non-hydrogen) atoms. The third kappa shape index (κ3) is 4.56. The number of hydrogen-bond acceptors (Lipinski definition) is 4. The van der Waals surface area contributed by atoms with Crippen LogP contribution in [0.3, 0.4) is 0 Å². The number of nitrogens with one attached hydrogen (secondary N) is 2. The van der Waals surface area contributed by atoms with Crippen LogP contribution >= 0.6 is 11.3 Å². The Kier molecular flexibility index (Phi) is 5.45. The normalized spacial score (nSPS) is 10.3. The molecule has 0 aliphatic heterocycles. The molecule has 0 saturated carbocycles. The Morgan fingerprint density at radius 3 is 2.00 bits per heavy atom. The van der Waals surface area contributed by atoms with Gasteiger partial charge in [-0.15, -0.1) is 11.3 Å². The summed E-state index contributed by atoms with van der Waals surface area (Å²) in [6, 6.07) is 25.5. The number of anilines is 2. The van der Waals surface area contributed by atoms with Crippen molar-refractivity contribution in [2.75, 3.05) is 10.6 Å². The molecule has 1 heterocycles. The molecule has 3 aromatic carbocycles. The Balaban J connectivity index is 1.47. The van der Waals surface area contributed by atoms with Gasteiger partial charge in [-0.1, -0.05) is 48.5 Å². The van der Waals surface area contributed by atoms with E-state index in [2.05, 4.69) is 15.6 Å². The minimum absolute atomic E-state index is 0.170. The summed E-state index contributed by atoms with van der Waals surface area (Å²) in [6.45, 7) is 0. The number of amides is 2. The zero-order valence-corrected chi connectivity index (χ0v) is 16.1. The highest BCUT2D eigenvalue weighted by Gasteiger charge is 2.11. The summed E-state index contributed by atoms with van der Waals surface area (Å²) in [7, 11) is 0. The van der Waals surface area contributed by atoms with Crippen LogP contribution in [-0.2, 0) is 0 Å². The van der Waals surface area contributed by atoms with E-state index in [1.165, 1.54) is 11.3 Å². The van der Waals surface area contributed by atoms with Crippen LogP contribution in [0.1, 0.15) is 20.7 Å². The third-order valence-electron chi connectivity index (χ3n) is 4.21. The first-order valence-electron chi connectivity index (χ1n) is 8.98. The summed E-state index contributed by atoms with van der Waals surface area (Å²) in [5, 5.41) is 8.11. The molecule has 5 nitrogen and oxygen atoms in total. The summed E-state index contributed by atoms with van der Waals surface area (Å²) in [4.78, 5) is 29.1. The highest BCUT2D eigenvalue weighted by molar-refractivity contribution is 7.14. The molecule has 0 aliphatic carbocycles. The van der Waals surface area contributed by atoms with E-state index < -0.39 is 0 Å². The average molecular weight is 399 g/mol. The summed E-state index contributed by atoms with van der Waals surface area (Å²) in [5.41, 5.74) is 3.44. The van der Waals surface area contributed by atoms with Gasteiger partial charge in [-0.25, -0.2) is 4.98 Å². The number of rotatable bonds is 5. The molecular formula is C23H17N3O2S. The quantitative estimate of drug-likeness (QED) is 0.477. The second-order valence-corrected chi connectivity index (χ2v) is 7.12. The number of carbonyl (C=O) groups is 2. The number of hydrogen-bond donors (Lipinski definition) is 2. The van der Waals surface area contributed by atoms with Crippen LogP contribution in [0.2, 0.25) is 0 Å². The van der Waals surface area contributed by atoms with Crippen LogP contribution in [0.5, 0.6) is 0 Å². The molecule has 0 bridgehead atoms. The molecular weight excluding hydrogens is 382 g/mol. The van der Waals surface area contributed by atoms with E-state index in [9.17, 15) is 9.59 Å². The Labute approximate surface area is 172 Å². The number of thiazole rings is 1. The van der Waals surface area contributed by atoms with Crippen molar-refractivity contribution in [1.82, 2.24) is 4.98 Å². The van der Waals surface area contributed by atoms with E-state index in [4.69, 9.17) is 0 Å². The SMILES string of the molecule is O=C(Nc1cccc(-c2csc(NC(=O)c3ccccc3)n2)c1)c1ccccc1. The Hall–Kier alpha value is -3.77. The largest absolute Gasteiger partial charge is 0.322 e. The molecule has 6 heteroatoms. The topological polar surface area (TPSA) is 71.1 Å². The van der Waals surface area contributed by atoms with E-state index in [-0.39, 0.29) is 11.8 Å². The molecule has 4 rings (SSSR count). The van der Waals surface area contributed by atoms with Crippen LogP contribution in [0.15, 0.2) is 90.3 Å². The fourth-order valence-corrected chi connectivity index (χ4v) is 3.49. The summed E-state index contributed by atoms with van der Waals surface area (Å²) in [6.07, 6.45) is 0. The highest BCUT2D eigenvalue weighted by Crippen LogP contribution is 2.27. The van der Waals surface area contributed by atoms with Crippen molar-refractivity contribution >= 4 is 34.0 Å². The van der Waals surface area contributed by atoms with Gasteiger partial charge in [0.2, 0.25) is 0 Å². The zero-order chi connectivity index (χ0) is 20.1. The highest BCUT2D eigenvalue weighted by atomic mass is 32.1. The minimum Gasteiger partial charge on any atom is -0.322 e. The molecule has 0 unspecified atom stereocenters. The fraction of sp³-hybridized carbons (Fsp3) is 0. The van der Waals surface area contributed by atoms with Crippen molar-refractivity contribution in [2.24, 2.45) is 0 Å². The predicted octanol–water partition coefficient (Wildman–Crippen LogP) is 5.31. The van der Waals surface area contributed by atoms with E-state index >= 15 is 0 Å². The lowest BCUT2D eigenvalue weighted by molar-refractivity contribution is 0.101. The molecule has 0 spiro atoms. The van der Waals surface area contributed by atoms with Gasteiger partial charge in [0.1, 0.15) is 0 Å². The molecule has 2 N–H and O–H groups in total. The summed E-state index contributed by atoms with van der Waals surface area (Å²) < 4.78 is 0. The maximum Gasteiger partial charge on any atom is 0.257 e. The molecule has 0 fully saturated rings. The summed E-state index contributed by atoms with van der Waals surface area (Å²) >= 11 is 1.35. The van der Waals surface area contributed by atoms with E-state index in [0.717, 1.165) is 11.3 Å². The van der Waals surface area contributed by atoms with Gasteiger partial charge in [0.05, 0.1) is 5.69 Å². The Morgan fingerprint density at radius 2 is 1.34 bits per heavy atom.